The summed E-state index contributed by atoms with van der Waals surface area (Å²) in [7, 11) is 0. The molecule has 0 unspecified atom stereocenters. The molecule has 0 fully saturated rings. The quantitative estimate of drug-likeness (QED) is 0.759. The summed E-state index contributed by atoms with van der Waals surface area (Å²) in [5, 5.41) is 9.43. The van der Waals surface area contributed by atoms with E-state index in [1.54, 1.807) is 19.1 Å². The van der Waals surface area contributed by atoms with Gasteiger partial charge in [-0.15, -0.1) is 0 Å². The number of amides is 1. The lowest BCUT2D eigenvalue weighted by Crippen LogP contribution is -2.22. The van der Waals surface area contributed by atoms with Crippen LogP contribution in [-0.2, 0) is 13.0 Å². The van der Waals surface area contributed by atoms with Crippen molar-refractivity contribution in [1.82, 2.24) is 20.5 Å². The number of carbonyl (C=O) groups excluding carboxylic acids is 1. The Hall–Kier alpha value is -2.89. The van der Waals surface area contributed by atoms with E-state index in [4.69, 9.17) is 4.42 Å². The molecule has 0 aliphatic heterocycles. The number of benzene rings is 1. The minimum absolute atomic E-state index is 0.254. The van der Waals surface area contributed by atoms with Crippen LogP contribution < -0.4 is 5.32 Å². The average Bonchev–Trinajstić information content (AvgIpc) is 3.22. The van der Waals surface area contributed by atoms with Crippen LogP contribution >= 0.6 is 0 Å². The predicted octanol–water partition coefficient (Wildman–Crippen LogP) is 2.87. The number of carbonyl (C=O) groups is 1. The van der Waals surface area contributed by atoms with Crippen LogP contribution in [-0.4, -0.2) is 21.1 Å². The second kappa shape index (κ2) is 6.48. The summed E-state index contributed by atoms with van der Waals surface area (Å²) in [6, 6.07) is 11.6. The summed E-state index contributed by atoms with van der Waals surface area (Å²) in [5.41, 5.74) is 2.21. The number of H-pyrrole nitrogens is 1. The summed E-state index contributed by atoms with van der Waals surface area (Å²) in [6.07, 6.45) is 0.993. The van der Waals surface area contributed by atoms with Crippen molar-refractivity contribution in [2.75, 3.05) is 0 Å². The summed E-state index contributed by atoms with van der Waals surface area (Å²) in [5.74, 6) is 1.91. The zero-order valence-electron chi connectivity index (χ0n) is 13.1. The third kappa shape index (κ3) is 3.48. The van der Waals surface area contributed by atoms with E-state index in [9.17, 15) is 4.79 Å². The van der Waals surface area contributed by atoms with Crippen molar-refractivity contribution in [1.29, 1.82) is 0 Å². The summed E-state index contributed by atoms with van der Waals surface area (Å²) < 4.78 is 5.64. The first-order chi connectivity index (χ1) is 11.2. The van der Waals surface area contributed by atoms with Gasteiger partial charge in [0.2, 0.25) is 0 Å². The van der Waals surface area contributed by atoms with Gasteiger partial charge >= 0.3 is 0 Å². The number of aromatic nitrogens is 3. The Labute approximate surface area is 133 Å². The van der Waals surface area contributed by atoms with Crippen LogP contribution in [0.25, 0.3) is 11.3 Å². The SMILES string of the molecule is CCc1ccc(-c2ccc(C(=O)NCc3n[nH]c(C)n3)o2)cc1. The standard InChI is InChI=1S/C17H18N4O2/c1-3-12-4-6-13(7-5-12)14-8-9-15(23-14)17(22)18-10-16-19-11(2)20-21-16/h4-9H,3,10H2,1-2H3,(H,18,22)(H,19,20,21). The fraction of sp³-hybridized carbons (Fsp3) is 0.235. The van der Waals surface area contributed by atoms with Gasteiger partial charge in [-0.2, -0.15) is 5.10 Å². The van der Waals surface area contributed by atoms with Crippen LogP contribution in [0.15, 0.2) is 40.8 Å². The fourth-order valence-corrected chi connectivity index (χ4v) is 2.23. The molecule has 0 aliphatic carbocycles. The van der Waals surface area contributed by atoms with Crippen LogP contribution in [0, 0.1) is 6.92 Å². The third-order valence-electron chi connectivity index (χ3n) is 3.53. The molecule has 0 radical (unpaired) electrons. The van der Waals surface area contributed by atoms with E-state index in [1.807, 2.05) is 12.1 Å². The molecule has 6 nitrogen and oxygen atoms in total. The molecule has 2 aromatic heterocycles. The highest BCUT2D eigenvalue weighted by atomic mass is 16.3. The first-order valence-corrected chi connectivity index (χ1v) is 7.51. The number of furan rings is 1. The highest BCUT2D eigenvalue weighted by Gasteiger charge is 2.13. The average molecular weight is 310 g/mol. The Morgan fingerprint density at radius 1 is 1.22 bits per heavy atom. The van der Waals surface area contributed by atoms with Crippen LogP contribution in [0.2, 0.25) is 0 Å². The highest BCUT2D eigenvalue weighted by Crippen LogP contribution is 2.22. The summed E-state index contributed by atoms with van der Waals surface area (Å²) in [4.78, 5) is 16.2. The minimum Gasteiger partial charge on any atom is -0.451 e. The molecule has 0 saturated carbocycles. The van der Waals surface area contributed by atoms with Crippen molar-refractivity contribution >= 4 is 5.91 Å². The molecule has 2 N–H and O–H groups in total. The number of hydrogen-bond donors (Lipinski definition) is 2. The minimum atomic E-state index is -0.288. The first kappa shape index (κ1) is 15.0. The lowest BCUT2D eigenvalue weighted by Gasteiger charge is -2.01. The second-order valence-electron chi connectivity index (χ2n) is 5.23. The Morgan fingerprint density at radius 3 is 2.65 bits per heavy atom. The monoisotopic (exact) mass is 310 g/mol. The van der Waals surface area contributed by atoms with Gasteiger partial charge in [0.15, 0.2) is 11.6 Å². The van der Waals surface area contributed by atoms with E-state index >= 15 is 0 Å². The Kier molecular flexibility index (Phi) is 4.23. The van der Waals surface area contributed by atoms with Crippen LogP contribution in [0.3, 0.4) is 0 Å². The van der Waals surface area contributed by atoms with Gasteiger partial charge in [0, 0.05) is 5.56 Å². The van der Waals surface area contributed by atoms with Gasteiger partial charge in [-0.1, -0.05) is 31.2 Å². The van der Waals surface area contributed by atoms with Crippen LogP contribution in [0.5, 0.6) is 0 Å². The van der Waals surface area contributed by atoms with E-state index in [2.05, 4.69) is 39.6 Å². The zero-order chi connectivity index (χ0) is 16.2. The summed E-state index contributed by atoms with van der Waals surface area (Å²) >= 11 is 0. The van der Waals surface area contributed by atoms with E-state index in [0.29, 0.717) is 17.4 Å². The lowest BCUT2D eigenvalue weighted by molar-refractivity contribution is 0.0923. The molecule has 0 spiro atoms. The molecule has 1 aromatic carbocycles. The largest absolute Gasteiger partial charge is 0.451 e. The topological polar surface area (TPSA) is 83.8 Å². The molecular formula is C17H18N4O2. The number of aromatic amines is 1. The van der Waals surface area contributed by atoms with Crippen molar-refractivity contribution in [3.05, 3.63) is 59.4 Å². The number of aryl methyl sites for hydroxylation is 2. The molecule has 23 heavy (non-hydrogen) atoms. The molecule has 6 heteroatoms. The van der Waals surface area contributed by atoms with Gasteiger partial charge in [0.25, 0.3) is 5.91 Å². The van der Waals surface area contributed by atoms with Gasteiger partial charge in [-0.3, -0.25) is 9.89 Å². The number of rotatable bonds is 5. The molecule has 118 valence electrons. The smallest absolute Gasteiger partial charge is 0.287 e. The molecule has 2 heterocycles. The van der Waals surface area contributed by atoms with E-state index < -0.39 is 0 Å². The van der Waals surface area contributed by atoms with Crippen LogP contribution in [0.4, 0.5) is 0 Å². The molecule has 0 saturated heterocycles. The second-order valence-corrected chi connectivity index (χ2v) is 5.23. The summed E-state index contributed by atoms with van der Waals surface area (Å²) in [6.45, 7) is 4.17. The van der Waals surface area contributed by atoms with Gasteiger partial charge in [0.05, 0.1) is 6.54 Å². The number of hydrogen-bond acceptors (Lipinski definition) is 4. The predicted molar refractivity (Wildman–Crippen MR) is 85.8 cm³/mol. The molecule has 3 aromatic rings. The van der Waals surface area contributed by atoms with Crippen molar-refractivity contribution in [2.24, 2.45) is 0 Å². The fourth-order valence-electron chi connectivity index (χ4n) is 2.23. The lowest BCUT2D eigenvalue weighted by atomic mass is 10.1. The van der Waals surface area contributed by atoms with Crippen molar-refractivity contribution in [3.8, 4) is 11.3 Å². The maximum atomic E-state index is 12.1. The molecule has 0 aliphatic rings. The molecule has 0 bridgehead atoms. The maximum absolute atomic E-state index is 12.1. The van der Waals surface area contributed by atoms with E-state index in [1.165, 1.54) is 5.56 Å². The van der Waals surface area contributed by atoms with Crippen LogP contribution in [0.1, 0.15) is 34.7 Å². The zero-order valence-corrected chi connectivity index (χ0v) is 13.1. The van der Waals surface area contributed by atoms with E-state index in [-0.39, 0.29) is 18.2 Å². The van der Waals surface area contributed by atoms with Crippen molar-refractivity contribution in [3.63, 3.8) is 0 Å². The Balaban J connectivity index is 1.66. The van der Waals surface area contributed by atoms with Gasteiger partial charge < -0.3 is 9.73 Å². The van der Waals surface area contributed by atoms with E-state index in [0.717, 1.165) is 12.0 Å². The Bertz CT molecular complexity index is 802. The Morgan fingerprint density at radius 2 is 2.00 bits per heavy atom. The van der Waals surface area contributed by atoms with Gasteiger partial charge in [-0.05, 0) is 31.0 Å². The molecule has 0 atom stereocenters. The number of nitrogens with zero attached hydrogens (tertiary/aromatic N) is 2. The van der Waals surface area contributed by atoms with Crippen molar-refractivity contribution < 1.29 is 9.21 Å². The first-order valence-electron chi connectivity index (χ1n) is 7.51. The molecule has 3 rings (SSSR count). The molecule has 1 amide bonds. The molecular weight excluding hydrogens is 292 g/mol. The van der Waals surface area contributed by atoms with Crippen molar-refractivity contribution in [2.45, 2.75) is 26.8 Å². The van der Waals surface area contributed by atoms with Gasteiger partial charge in [0.1, 0.15) is 11.6 Å². The third-order valence-corrected chi connectivity index (χ3v) is 3.53. The maximum Gasteiger partial charge on any atom is 0.287 e. The van der Waals surface area contributed by atoms with Gasteiger partial charge in [-0.25, -0.2) is 4.98 Å². The number of nitrogens with one attached hydrogen (secondary N) is 2. The normalized spacial score (nSPS) is 10.7. The highest BCUT2D eigenvalue weighted by molar-refractivity contribution is 5.91.